The van der Waals surface area contributed by atoms with Gasteiger partial charge in [0.05, 0.1) is 17.1 Å². The van der Waals surface area contributed by atoms with E-state index in [0.29, 0.717) is 17.1 Å². The lowest BCUT2D eigenvalue weighted by atomic mass is 10.2. The molecule has 0 saturated carbocycles. The molecule has 32 heavy (non-hydrogen) atoms. The number of benzene rings is 3. The Kier molecular flexibility index (Phi) is 6.00. The van der Waals surface area contributed by atoms with Crippen molar-refractivity contribution in [2.45, 2.75) is 11.8 Å². The van der Waals surface area contributed by atoms with Gasteiger partial charge in [0.1, 0.15) is 0 Å². The fraction of sp³-hybridized carbons (Fsp3) is 0.0870. The molecule has 0 radical (unpaired) electrons. The van der Waals surface area contributed by atoms with E-state index in [2.05, 4.69) is 14.9 Å². The van der Waals surface area contributed by atoms with Crippen LogP contribution in [-0.2, 0) is 14.8 Å². The molecule has 0 unspecified atom stereocenters. The van der Waals surface area contributed by atoms with Crippen LogP contribution in [-0.4, -0.2) is 31.2 Å². The third-order valence-corrected chi connectivity index (χ3v) is 5.88. The van der Waals surface area contributed by atoms with Crippen molar-refractivity contribution >= 4 is 21.7 Å². The van der Waals surface area contributed by atoms with Gasteiger partial charge in [0.15, 0.2) is 0 Å². The second-order valence-electron chi connectivity index (χ2n) is 6.71. The van der Waals surface area contributed by atoms with Crippen molar-refractivity contribution in [1.82, 2.24) is 10.2 Å². The van der Waals surface area contributed by atoms with Crippen molar-refractivity contribution in [2.24, 2.45) is 0 Å². The number of ether oxygens (including phenoxy) is 1. The van der Waals surface area contributed by atoms with Gasteiger partial charge in [0, 0.05) is 16.8 Å². The Morgan fingerprint density at radius 1 is 0.906 bits per heavy atom. The summed E-state index contributed by atoms with van der Waals surface area (Å²) in [4.78, 5) is 11.8. The van der Waals surface area contributed by atoms with Gasteiger partial charge in [0.2, 0.25) is 11.8 Å². The molecular weight excluding hydrogens is 430 g/mol. The van der Waals surface area contributed by atoms with Crippen molar-refractivity contribution in [3.05, 3.63) is 84.4 Å². The van der Waals surface area contributed by atoms with Crippen LogP contribution in [0.15, 0.2) is 88.2 Å². The van der Waals surface area contributed by atoms with Crippen LogP contribution in [0.25, 0.3) is 22.9 Å². The number of hydrogen-bond donors (Lipinski definition) is 1. The molecule has 1 heterocycles. The highest BCUT2D eigenvalue weighted by Crippen LogP contribution is 2.26. The lowest BCUT2D eigenvalue weighted by Gasteiger charge is -2.09. The van der Waals surface area contributed by atoms with Crippen LogP contribution >= 0.6 is 0 Å². The standard InChI is InChI=1S/C23H19N3O5S/c1-2-30-23(27)17-11-13-20(14-12-17)32(28,29)26-19-10-6-9-18(15-19)22-25-24-21(31-22)16-7-4-3-5-8-16/h3-15,26H,2H2,1H3. The number of nitrogens with zero attached hydrogens (tertiary/aromatic N) is 2. The highest BCUT2D eigenvalue weighted by Gasteiger charge is 2.17. The Morgan fingerprint density at radius 2 is 1.56 bits per heavy atom. The predicted octanol–water partition coefficient (Wildman–Crippen LogP) is 4.38. The first-order valence-corrected chi connectivity index (χ1v) is 11.2. The molecule has 1 aromatic heterocycles. The molecule has 1 N–H and O–H groups in total. The first-order valence-electron chi connectivity index (χ1n) is 9.75. The van der Waals surface area contributed by atoms with Crippen LogP contribution in [0.3, 0.4) is 0 Å². The van der Waals surface area contributed by atoms with Crippen molar-refractivity contribution < 1.29 is 22.4 Å². The number of nitrogens with one attached hydrogen (secondary N) is 1. The molecule has 4 rings (SSSR count). The van der Waals surface area contributed by atoms with Gasteiger partial charge >= 0.3 is 5.97 Å². The fourth-order valence-corrected chi connectivity index (χ4v) is 4.00. The molecule has 0 fully saturated rings. The molecular formula is C23H19N3O5S. The summed E-state index contributed by atoms with van der Waals surface area (Å²) < 4.78 is 38.7. The van der Waals surface area contributed by atoms with E-state index in [1.807, 2.05) is 30.3 Å². The van der Waals surface area contributed by atoms with Crippen LogP contribution < -0.4 is 4.72 Å². The van der Waals surface area contributed by atoms with Crippen LogP contribution in [0.1, 0.15) is 17.3 Å². The van der Waals surface area contributed by atoms with E-state index in [0.717, 1.165) is 5.56 Å². The lowest BCUT2D eigenvalue weighted by Crippen LogP contribution is -2.13. The molecule has 9 heteroatoms. The van der Waals surface area contributed by atoms with Gasteiger partial charge in [0.25, 0.3) is 10.0 Å². The maximum atomic E-state index is 12.8. The zero-order valence-corrected chi connectivity index (χ0v) is 17.9. The minimum Gasteiger partial charge on any atom is -0.462 e. The van der Waals surface area contributed by atoms with E-state index >= 15 is 0 Å². The highest BCUT2D eigenvalue weighted by molar-refractivity contribution is 7.92. The topological polar surface area (TPSA) is 111 Å². The zero-order chi connectivity index (χ0) is 22.6. The number of carbonyl (C=O) groups is 1. The van der Waals surface area contributed by atoms with E-state index in [1.165, 1.54) is 24.3 Å². The smallest absolute Gasteiger partial charge is 0.338 e. The van der Waals surface area contributed by atoms with Gasteiger partial charge < -0.3 is 9.15 Å². The number of esters is 1. The normalized spacial score (nSPS) is 11.2. The molecule has 8 nitrogen and oxygen atoms in total. The summed E-state index contributed by atoms with van der Waals surface area (Å²) in [6.07, 6.45) is 0. The Hall–Kier alpha value is -3.98. The number of carbonyl (C=O) groups excluding carboxylic acids is 1. The molecule has 0 amide bonds. The molecule has 162 valence electrons. The Balaban J connectivity index is 1.54. The highest BCUT2D eigenvalue weighted by atomic mass is 32.2. The summed E-state index contributed by atoms with van der Waals surface area (Å²) in [7, 11) is -3.87. The summed E-state index contributed by atoms with van der Waals surface area (Å²) in [5.74, 6) is 0.128. The van der Waals surface area contributed by atoms with Gasteiger partial charge in [-0.1, -0.05) is 24.3 Å². The maximum absolute atomic E-state index is 12.8. The van der Waals surface area contributed by atoms with E-state index in [1.54, 1.807) is 31.2 Å². The number of anilines is 1. The van der Waals surface area contributed by atoms with E-state index in [4.69, 9.17) is 9.15 Å². The molecule has 0 saturated heterocycles. The average Bonchev–Trinajstić information content (AvgIpc) is 3.30. The maximum Gasteiger partial charge on any atom is 0.338 e. The van der Waals surface area contributed by atoms with Gasteiger partial charge in [-0.25, -0.2) is 13.2 Å². The molecule has 0 aliphatic rings. The number of aromatic nitrogens is 2. The van der Waals surface area contributed by atoms with Crippen LogP contribution in [0.4, 0.5) is 5.69 Å². The molecule has 0 spiro atoms. The average molecular weight is 449 g/mol. The SMILES string of the molecule is CCOC(=O)c1ccc(S(=O)(=O)Nc2cccc(-c3nnc(-c4ccccc4)o3)c2)cc1. The fourth-order valence-electron chi connectivity index (χ4n) is 2.95. The third kappa shape index (κ3) is 4.68. The zero-order valence-electron chi connectivity index (χ0n) is 17.1. The van der Waals surface area contributed by atoms with Gasteiger partial charge in [-0.05, 0) is 61.5 Å². The Labute approximate surface area is 184 Å². The third-order valence-electron chi connectivity index (χ3n) is 4.48. The van der Waals surface area contributed by atoms with Gasteiger partial charge in [-0.2, -0.15) is 0 Å². The Bertz CT molecular complexity index is 1330. The quantitative estimate of drug-likeness (QED) is 0.417. The van der Waals surface area contributed by atoms with Gasteiger partial charge in [-0.15, -0.1) is 10.2 Å². The molecule has 3 aromatic carbocycles. The van der Waals surface area contributed by atoms with Gasteiger partial charge in [-0.3, -0.25) is 4.72 Å². The summed E-state index contributed by atoms with van der Waals surface area (Å²) >= 11 is 0. The predicted molar refractivity (Wildman–Crippen MR) is 118 cm³/mol. The summed E-state index contributed by atoms with van der Waals surface area (Å²) in [6, 6.07) is 21.5. The monoisotopic (exact) mass is 449 g/mol. The number of hydrogen-bond acceptors (Lipinski definition) is 7. The lowest BCUT2D eigenvalue weighted by molar-refractivity contribution is 0.0526. The number of rotatable bonds is 7. The summed E-state index contributed by atoms with van der Waals surface area (Å²) in [5, 5.41) is 8.12. The minimum atomic E-state index is -3.87. The largest absolute Gasteiger partial charge is 0.462 e. The van der Waals surface area contributed by atoms with Crippen molar-refractivity contribution in [3.8, 4) is 22.9 Å². The second kappa shape index (κ2) is 9.03. The summed E-state index contributed by atoms with van der Waals surface area (Å²) in [5.41, 5.74) is 1.96. The molecule has 4 aromatic rings. The minimum absolute atomic E-state index is 0.0140. The molecule has 0 atom stereocenters. The van der Waals surface area contributed by atoms with E-state index in [-0.39, 0.29) is 23.0 Å². The number of sulfonamides is 1. The first-order chi connectivity index (χ1) is 15.5. The summed E-state index contributed by atoms with van der Waals surface area (Å²) in [6.45, 7) is 1.94. The first kappa shape index (κ1) is 21.3. The van der Waals surface area contributed by atoms with Crippen LogP contribution in [0.2, 0.25) is 0 Å². The van der Waals surface area contributed by atoms with Crippen molar-refractivity contribution in [2.75, 3.05) is 11.3 Å². The molecule has 0 aliphatic heterocycles. The van der Waals surface area contributed by atoms with Crippen molar-refractivity contribution in [1.29, 1.82) is 0 Å². The molecule has 0 bridgehead atoms. The molecule has 0 aliphatic carbocycles. The van der Waals surface area contributed by atoms with E-state index in [9.17, 15) is 13.2 Å². The van der Waals surface area contributed by atoms with Crippen molar-refractivity contribution in [3.63, 3.8) is 0 Å². The van der Waals surface area contributed by atoms with Crippen LogP contribution in [0, 0.1) is 0 Å². The Morgan fingerprint density at radius 3 is 2.25 bits per heavy atom. The van der Waals surface area contributed by atoms with Crippen LogP contribution in [0.5, 0.6) is 0 Å². The second-order valence-corrected chi connectivity index (χ2v) is 8.39. The van der Waals surface area contributed by atoms with E-state index < -0.39 is 16.0 Å².